The van der Waals surface area contributed by atoms with Crippen LogP contribution in [0.25, 0.3) is 0 Å². The van der Waals surface area contributed by atoms with Gasteiger partial charge >= 0.3 is 30.6 Å². The standard InChI is InChI=1S/C23H19F9N2O4/c1-38-20(37)34(10-11-4-13(22(27,28)29)6-14(5-11)23(30,31)32)18-8-15(9-19(35)36)33-17-3-2-12(7-16(17)18)21(24,25)26/h2-7,15,18,33H,8-10H2,1H3,(H,35,36)/t15-,18+/m1/s1. The van der Waals surface area contributed by atoms with Gasteiger partial charge in [0.25, 0.3) is 0 Å². The zero-order valence-electron chi connectivity index (χ0n) is 19.3. The van der Waals surface area contributed by atoms with Gasteiger partial charge in [-0.05, 0) is 53.9 Å². The number of carbonyl (C=O) groups excluding carboxylic acids is 1. The Bertz CT molecular complexity index is 1180. The number of rotatable bonds is 5. The molecule has 1 amide bonds. The lowest BCUT2D eigenvalue weighted by atomic mass is 9.88. The molecule has 0 saturated carbocycles. The van der Waals surface area contributed by atoms with Gasteiger partial charge in [0, 0.05) is 18.3 Å². The molecule has 208 valence electrons. The summed E-state index contributed by atoms with van der Waals surface area (Å²) >= 11 is 0. The fourth-order valence-electron chi connectivity index (χ4n) is 4.19. The van der Waals surface area contributed by atoms with Crippen LogP contribution in [0.5, 0.6) is 0 Å². The van der Waals surface area contributed by atoms with Crippen LogP contribution in [0.3, 0.4) is 0 Å². The number of anilines is 1. The molecule has 15 heteroatoms. The molecule has 1 aliphatic heterocycles. The summed E-state index contributed by atoms with van der Waals surface area (Å²) in [5.41, 5.74) is -5.23. The Labute approximate surface area is 209 Å². The summed E-state index contributed by atoms with van der Waals surface area (Å²) in [7, 11) is 0.867. The maximum Gasteiger partial charge on any atom is 0.416 e. The van der Waals surface area contributed by atoms with Crippen LogP contribution in [-0.4, -0.2) is 35.2 Å². The fraction of sp³-hybridized carbons (Fsp3) is 0.391. The number of aliphatic carboxylic acids is 1. The highest BCUT2D eigenvalue weighted by atomic mass is 19.4. The molecule has 6 nitrogen and oxygen atoms in total. The Morgan fingerprint density at radius 1 is 0.921 bits per heavy atom. The van der Waals surface area contributed by atoms with Crippen molar-refractivity contribution < 1.29 is 58.9 Å². The van der Waals surface area contributed by atoms with E-state index in [1.807, 2.05) is 0 Å². The molecule has 0 saturated heterocycles. The van der Waals surface area contributed by atoms with Crippen molar-refractivity contribution in [2.75, 3.05) is 12.4 Å². The smallest absolute Gasteiger partial charge is 0.416 e. The number of amides is 1. The Kier molecular flexibility index (Phi) is 7.80. The predicted molar refractivity (Wildman–Crippen MR) is 113 cm³/mol. The van der Waals surface area contributed by atoms with Crippen molar-refractivity contribution in [3.63, 3.8) is 0 Å². The number of hydrogen-bond donors (Lipinski definition) is 2. The molecule has 2 atom stereocenters. The second-order valence-corrected chi connectivity index (χ2v) is 8.50. The van der Waals surface area contributed by atoms with Crippen molar-refractivity contribution in [1.29, 1.82) is 0 Å². The van der Waals surface area contributed by atoms with E-state index in [4.69, 9.17) is 0 Å². The minimum absolute atomic E-state index is 0.00873. The summed E-state index contributed by atoms with van der Waals surface area (Å²) in [6, 6.07) is 0.701. The van der Waals surface area contributed by atoms with Gasteiger partial charge in [-0.2, -0.15) is 39.5 Å². The summed E-state index contributed by atoms with van der Waals surface area (Å²) < 4.78 is 125. The van der Waals surface area contributed by atoms with Gasteiger partial charge in [0.15, 0.2) is 0 Å². The summed E-state index contributed by atoms with van der Waals surface area (Å²) in [5.74, 6) is -1.30. The monoisotopic (exact) mass is 558 g/mol. The van der Waals surface area contributed by atoms with E-state index in [1.165, 1.54) is 0 Å². The molecular weight excluding hydrogens is 539 g/mol. The lowest BCUT2D eigenvalue weighted by Crippen LogP contribution is -2.41. The molecule has 2 aromatic rings. The number of alkyl halides is 9. The number of fused-ring (bicyclic) bond motifs is 1. The van der Waals surface area contributed by atoms with Gasteiger partial charge in [-0.15, -0.1) is 0 Å². The Balaban J connectivity index is 2.15. The van der Waals surface area contributed by atoms with Crippen molar-refractivity contribution in [2.24, 2.45) is 0 Å². The number of nitrogens with zero attached hydrogens (tertiary/aromatic N) is 1. The minimum atomic E-state index is -5.18. The van der Waals surface area contributed by atoms with Crippen molar-refractivity contribution in [3.05, 3.63) is 64.2 Å². The van der Waals surface area contributed by atoms with Gasteiger partial charge in [-0.3, -0.25) is 9.69 Å². The summed E-state index contributed by atoms with van der Waals surface area (Å²) in [6.45, 7) is -0.917. The first-order valence-corrected chi connectivity index (χ1v) is 10.7. The second-order valence-electron chi connectivity index (χ2n) is 8.50. The number of carbonyl (C=O) groups is 2. The highest BCUT2D eigenvalue weighted by Gasteiger charge is 2.40. The molecule has 0 aliphatic carbocycles. The molecule has 3 rings (SSSR count). The van der Waals surface area contributed by atoms with E-state index < -0.39 is 77.9 Å². The third-order valence-electron chi connectivity index (χ3n) is 5.81. The number of halogens is 9. The van der Waals surface area contributed by atoms with Gasteiger partial charge in [0.2, 0.25) is 0 Å². The maximum absolute atomic E-state index is 13.4. The van der Waals surface area contributed by atoms with Crippen molar-refractivity contribution in [1.82, 2.24) is 4.90 Å². The van der Waals surface area contributed by atoms with E-state index in [1.54, 1.807) is 0 Å². The van der Waals surface area contributed by atoms with Crippen LogP contribution in [-0.2, 0) is 34.6 Å². The SMILES string of the molecule is COC(=O)N(Cc1cc(C(F)(F)F)cc(C(F)(F)F)c1)[C@H]1C[C@H](CC(=O)O)Nc2ccc(C(F)(F)F)cc21. The third kappa shape index (κ3) is 6.61. The first-order chi connectivity index (χ1) is 17.4. The van der Waals surface area contributed by atoms with Gasteiger partial charge in [0.05, 0.1) is 36.3 Å². The number of benzene rings is 2. The number of carboxylic acid groups (broad SMARTS) is 1. The highest BCUT2D eigenvalue weighted by Crippen LogP contribution is 2.43. The van der Waals surface area contributed by atoms with Gasteiger partial charge < -0.3 is 15.2 Å². The fourth-order valence-corrected chi connectivity index (χ4v) is 4.19. The molecule has 2 aromatic carbocycles. The van der Waals surface area contributed by atoms with Crippen LogP contribution in [0.2, 0.25) is 0 Å². The second kappa shape index (κ2) is 10.3. The summed E-state index contributed by atoms with van der Waals surface area (Å²) in [4.78, 5) is 24.6. The molecule has 0 radical (unpaired) electrons. The van der Waals surface area contributed by atoms with E-state index >= 15 is 0 Å². The molecule has 0 aromatic heterocycles. The normalized spacial score (nSPS) is 17.8. The van der Waals surface area contributed by atoms with E-state index in [0.717, 1.165) is 13.2 Å². The maximum atomic E-state index is 13.4. The Hall–Kier alpha value is -3.65. The number of nitrogens with one attached hydrogen (secondary N) is 1. The lowest BCUT2D eigenvalue weighted by molar-refractivity contribution is -0.143. The summed E-state index contributed by atoms with van der Waals surface area (Å²) in [6.07, 6.45) is -17.3. The van der Waals surface area contributed by atoms with Crippen molar-refractivity contribution in [3.8, 4) is 0 Å². The van der Waals surface area contributed by atoms with Crippen LogP contribution in [0.1, 0.15) is 46.7 Å². The van der Waals surface area contributed by atoms with Gasteiger partial charge in [-0.1, -0.05) is 0 Å². The molecule has 1 aliphatic rings. The van der Waals surface area contributed by atoms with Crippen LogP contribution < -0.4 is 5.32 Å². The van der Waals surface area contributed by atoms with Crippen molar-refractivity contribution in [2.45, 2.75) is 50.0 Å². The lowest BCUT2D eigenvalue weighted by Gasteiger charge is -2.39. The number of carboxylic acids is 1. The average molecular weight is 558 g/mol. The van der Waals surface area contributed by atoms with Gasteiger partial charge in [-0.25, -0.2) is 4.79 Å². The van der Waals surface area contributed by atoms with E-state index in [9.17, 15) is 54.2 Å². The summed E-state index contributed by atoms with van der Waals surface area (Å²) in [5, 5.41) is 11.9. The largest absolute Gasteiger partial charge is 0.481 e. The third-order valence-corrected chi connectivity index (χ3v) is 5.81. The van der Waals surface area contributed by atoms with E-state index in [0.29, 0.717) is 29.2 Å². The molecule has 0 spiro atoms. The zero-order valence-corrected chi connectivity index (χ0v) is 19.3. The van der Waals surface area contributed by atoms with Crippen LogP contribution in [0.15, 0.2) is 36.4 Å². The molecule has 1 heterocycles. The minimum Gasteiger partial charge on any atom is -0.481 e. The average Bonchev–Trinajstić information content (AvgIpc) is 2.79. The van der Waals surface area contributed by atoms with Crippen molar-refractivity contribution >= 4 is 17.7 Å². The van der Waals surface area contributed by atoms with E-state index in [-0.39, 0.29) is 23.7 Å². The topological polar surface area (TPSA) is 78.9 Å². The molecule has 0 unspecified atom stereocenters. The first kappa shape index (κ1) is 28.9. The van der Waals surface area contributed by atoms with Crippen LogP contribution in [0, 0.1) is 0 Å². The zero-order chi connectivity index (χ0) is 28.6. The Morgan fingerprint density at radius 2 is 1.47 bits per heavy atom. The van der Waals surface area contributed by atoms with Gasteiger partial charge in [0.1, 0.15) is 0 Å². The molecule has 0 bridgehead atoms. The molecular formula is C23H19F9N2O4. The number of ether oxygens (including phenoxy) is 1. The Morgan fingerprint density at radius 3 is 1.95 bits per heavy atom. The highest BCUT2D eigenvalue weighted by molar-refractivity contribution is 5.72. The molecule has 0 fully saturated rings. The molecule has 2 N–H and O–H groups in total. The van der Waals surface area contributed by atoms with Crippen LogP contribution in [0.4, 0.5) is 50.0 Å². The van der Waals surface area contributed by atoms with E-state index in [2.05, 4.69) is 10.1 Å². The number of hydrogen-bond acceptors (Lipinski definition) is 4. The van der Waals surface area contributed by atoms with Crippen LogP contribution >= 0.6 is 0 Å². The first-order valence-electron chi connectivity index (χ1n) is 10.7. The quantitative estimate of drug-likeness (QED) is 0.399. The molecule has 38 heavy (non-hydrogen) atoms. The predicted octanol–water partition coefficient (Wildman–Crippen LogP) is 6.71. The number of methoxy groups -OCH3 is 1.